The average Bonchev–Trinajstić information content (AvgIpc) is 2.61. The summed E-state index contributed by atoms with van der Waals surface area (Å²) in [6.45, 7) is 2.66. The first-order valence-electron chi connectivity index (χ1n) is 6.75. The number of nitrogens with one attached hydrogen (secondary N) is 1. The number of nitrogens with zero attached hydrogens (tertiary/aromatic N) is 1. The fourth-order valence-corrected chi connectivity index (χ4v) is 3.11. The predicted octanol–water partition coefficient (Wildman–Crippen LogP) is 4.41. The van der Waals surface area contributed by atoms with Gasteiger partial charge in [0.15, 0.2) is 0 Å². The van der Waals surface area contributed by atoms with Crippen LogP contribution in [0.5, 0.6) is 0 Å². The quantitative estimate of drug-likeness (QED) is 0.875. The molecule has 0 saturated heterocycles. The number of fused-ring (bicyclic) bond motifs is 1. The van der Waals surface area contributed by atoms with Gasteiger partial charge in [-0.15, -0.1) is 0 Å². The van der Waals surface area contributed by atoms with Crippen molar-refractivity contribution in [3.05, 3.63) is 58.3 Å². The van der Waals surface area contributed by atoms with E-state index in [1.807, 2.05) is 18.2 Å². The van der Waals surface area contributed by atoms with Crippen LogP contribution in [0.25, 0.3) is 0 Å². The van der Waals surface area contributed by atoms with Crippen LogP contribution in [0.3, 0.4) is 0 Å². The highest BCUT2D eigenvalue weighted by Crippen LogP contribution is 2.29. The van der Waals surface area contributed by atoms with Gasteiger partial charge in [0.1, 0.15) is 5.82 Å². The van der Waals surface area contributed by atoms with E-state index < -0.39 is 0 Å². The summed E-state index contributed by atoms with van der Waals surface area (Å²) in [6, 6.07) is 13.3. The Hall–Kier alpha value is -1.55. The van der Waals surface area contributed by atoms with Gasteiger partial charge in [-0.25, -0.2) is 4.39 Å². The van der Waals surface area contributed by atoms with E-state index in [9.17, 15) is 4.39 Å². The zero-order chi connectivity index (χ0) is 13.9. The second kappa shape index (κ2) is 5.83. The molecule has 1 N–H and O–H groups in total. The molecule has 2 aromatic rings. The van der Waals surface area contributed by atoms with Crippen molar-refractivity contribution in [3.8, 4) is 0 Å². The van der Waals surface area contributed by atoms with Gasteiger partial charge in [0.25, 0.3) is 0 Å². The Labute approximate surface area is 126 Å². The second-order valence-electron chi connectivity index (χ2n) is 5.00. The predicted molar refractivity (Wildman–Crippen MR) is 84.7 cm³/mol. The molecule has 4 heteroatoms. The van der Waals surface area contributed by atoms with Crippen LogP contribution in [0, 0.1) is 5.82 Å². The van der Waals surface area contributed by atoms with E-state index in [1.54, 1.807) is 6.07 Å². The van der Waals surface area contributed by atoms with Gasteiger partial charge in [-0.3, -0.25) is 0 Å². The lowest BCUT2D eigenvalue weighted by atomic mass is 10.1. The monoisotopic (exact) mass is 334 g/mol. The summed E-state index contributed by atoms with van der Waals surface area (Å²) >= 11 is 3.35. The smallest absolute Gasteiger partial charge is 0.124 e. The first-order chi connectivity index (χ1) is 9.72. The van der Waals surface area contributed by atoms with Crippen LogP contribution in [0.4, 0.5) is 15.8 Å². The molecule has 0 spiro atoms. The fraction of sp³-hybridized carbons (Fsp3) is 0.250. The van der Waals surface area contributed by atoms with Gasteiger partial charge in [0.05, 0.1) is 11.4 Å². The highest BCUT2D eigenvalue weighted by molar-refractivity contribution is 9.10. The number of halogens is 2. The lowest BCUT2D eigenvalue weighted by Crippen LogP contribution is -2.23. The minimum atomic E-state index is -0.199. The molecular weight excluding hydrogens is 319 g/mol. The molecule has 0 saturated carbocycles. The Morgan fingerprint density at radius 1 is 1.20 bits per heavy atom. The van der Waals surface area contributed by atoms with E-state index in [-0.39, 0.29) is 5.82 Å². The third-order valence-electron chi connectivity index (χ3n) is 3.46. The number of para-hydroxylation sites is 2. The van der Waals surface area contributed by atoms with Crippen molar-refractivity contribution in [2.45, 2.75) is 13.0 Å². The Kier molecular flexibility index (Phi) is 3.92. The number of anilines is 2. The van der Waals surface area contributed by atoms with E-state index in [0.29, 0.717) is 0 Å². The maximum Gasteiger partial charge on any atom is 0.124 e. The van der Waals surface area contributed by atoms with E-state index in [1.165, 1.54) is 11.8 Å². The van der Waals surface area contributed by atoms with Crippen LogP contribution >= 0.6 is 15.9 Å². The van der Waals surface area contributed by atoms with Crippen molar-refractivity contribution in [1.29, 1.82) is 0 Å². The van der Waals surface area contributed by atoms with Gasteiger partial charge in [-0.1, -0.05) is 28.1 Å². The molecule has 1 aliphatic heterocycles. The zero-order valence-electron chi connectivity index (χ0n) is 11.1. The molecule has 0 amide bonds. The van der Waals surface area contributed by atoms with Gasteiger partial charge in [-0.2, -0.15) is 0 Å². The molecule has 1 heterocycles. The summed E-state index contributed by atoms with van der Waals surface area (Å²) in [5.41, 5.74) is 3.32. The van der Waals surface area contributed by atoms with Crippen molar-refractivity contribution in [3.63, 3.8) is 0 Å². The summed E-state index contributed by atoms with van der Waals surface area (Å²) in [5.74, 6) is -0.199. The van der Waals surface area contributed by atoms with Crippen LogP contribution in [0.15, 0.2) is 46.9 Å². The molecule has 104 valence electrons. The van der Waals surface area contributed by atoms with Crippen molar-refractivity contribution >= 4 is 27.3 Å². The molecule has 0 aliphatic carbocycles. The molecule has 0 radical (unpaired) electrons. The molecule has 0 bridgehead atoms. The molecule has 0 unspecified atom stereocenters. The third-order valence-corrected chi connectivity index (χ3v) is 3.92. The largest absolute Gasteiger partial charge is 0.383 e. The Bertz CT molecular complexity index is 595. The van der Waals surface area contributed by atoms with Crippen molar-refractivity contribution in [1.82, 2.24) is 0 Å². The molecule has 2 aromatic carbocycles. The van der Waals surface area contributed by atoms with Crippen molar-refractivity contribution in [2.24, 2.45) is 0 Å². The van der Waals surface area contributed by atoms with Gasteiger partial charge in [0, 0.05) is 24.1 Å². The maximum atomic E-state index is 13.5. The lowest BCUT2D eigenvalue weighted by molar-refractivity contribution is 0.623. The van der Waals surface area contributed by atoms with Crippen LogP contribution in [-0.4, -0.2) is 13.1 Å². The molecular formula is C16H16BrFN2. The van der Waals surface area contributed by atoms with Crippen LogP contribution in [-0.2, 0) is 6.54 Å². The maximum absolute atomic E-state index is 13.5. The molecule has 0 aromatic heterocycles. The Balaban J connectivity index is 1.90. The van der Waals surface area contributed by atoms with E-state index >= 15 is 0 Å². The van der Waals surface area contributed by atoms with Gasteiger partial charge < -0.3 is 10.2 Å². The summed E-state index contributed by atoms with van der Waals surface area (Å²) in [5, 5.41) is 3.44. The lowest BCUT2D eigenvalue weighted by Gasteiger charge is -2.24. The van der Waals surface area contributed by atoms with Crippen LogP contribution in [0.2, 0.25) is 0 Å². The Morgan fingerprint density at radius 2 is 2.05 bits per heavy atom. The van der Waals surface area contributed by atoms with E-state index in [0.717, 1.165) is 41.8 Å². The third kappa shape index (κ3) is 2.96. The number of rotatable bonds is 2. The summed E-state index contributed by atoms with van der Waals surface area (Å²) in [6.07, 6.45) is 1.07. The van der Waals surface area contributed by atoms with E-state index in [2.05, 4.69) is 38.3 Å². The van der Waals surface area contributed by atoms with Gasteiger partial charge in [-0.05, 0) is 42.3 Å². The molecule has 1 aliphatic rings. The standard InChI is InChI=1S/C16H16BrFN2/c17-13-8-12(9-14(18)10-13)11-20-7-3-6-19-15-4-1-2-5-16(15)20/h1-2,4-5,8-10,19H,3,6-7,11H2. The minimum absolute atomic E-state index is 0.199. The highest BCUT2D eigenvalue weighted by atomic mass is 79.9. The SMILES string of the molecule is Fc1cc(Br)cc(CN2CCCNc3ccccc32)c1. The number of hydrogen-bond donors (Lipinski definition) is 1. The second-order valence-corrected chi connectivity index (χ2v) is 5.91. The number of hydrogen-bond acceptors (Lipinski definition) is 2. The highest BCUT2D eigenvalue weighted by Gasteiger charge is 2.15. The Morgan fingerprint density at radius 3 is 2.90 bits per heavy atom. The van der Waals surface area contributed by atoms with Crippen LogP contribution in [0.1, 0.15) is 12.0 Å². The summed E-state index contributed by atoms with van der Waals surface area (Å²) in [7, 11) is 0. The average molecular weight is 335 g/mol. The number of benzene rings is 2. The molecule has 3 rings (SSSR count). The first-order valence-corrected chi connectivity index (χ1v) is 7.54. The molecule has 20 heavy (non-hydrogen) atoms. The first kappa shape index (κ1) is 13.4. The molecule has 0 fully saturated rings. The van der Waals surface area contributed by atoms with E-state index in [4.69, 9.17) is 0 Å². The normalized spacial score (nSPS) is 14.4. The van der Waals surface area contributed by atoms with Gasteiger partial charge in [0.2, 0.25) is 0 Å². The summed E-state index contributed by atoms with van der Waals surface area (Å²) < 4.78 is 14.3. The van der Waals surface area contributed by atoms with Gasteiger partial charge >= 0.3 is 0 Å². The van der Waals surface area contributed by atoms with Crippen molar-refractivity contribution < 1.29 is 4.39 Å². The summed E-state index contributed by atoms with van der Waals surface area (Å²) in [4.78, 5) is 2.30. The molecule has 2 nitrogen and oxygen atoms in total. The zero-order valence-corrected chi connectivity index (χ0v) is 12.7. The van der Waals surface area contributed by atoms with Crippen molar-refractivity contribution in [2.75, 3.05) is 23.3 Å². The topological polar surface area (TPSA) is 15.3 Å². The minimum Gasteiger partial charge on any atom is -0.383 e. The molecule has 0 atom stereocenters. The van der Waals surface area contributed by atoms with Crippen LogP contribution < -0.4 is 10.2 Å². The fourth-order valence-electron chi connectivity index (χ4n) is 2.60.